The van der Waals surface area contributed by atoms with E-state index < -0.39 is 0 Å². The number of aliphatic hydroxyl groups is 1. The zero-order valence-electron chi connectivity index (χ0n) is 10.9. The van der Waals surface area contributed by atoms with Gasteiger partial charge in [-0.3, -0.25) is 4.90 Å². The third-order valence-electron chi connectivity index (χ3n) is 3.93. The summed E-state index contributed by atoms with van der Waals surface area (Å²) < 4.78 is 0. The average molecular weight is 278 g/mol. The number of nitrogen functional groups attached to an aromatic ring is 1. The molecule has 1 aliphatic rings. The van der Waals surface area contributed by atoms with Crippen molar-refractivity contribution < 1.29 is 5.11 Å². The maximum atomic E-state index is 9.47. The minimum atomic E-state index is 0.192. The quantitative estimate of drug-likeness (QED) is 0.889. The van der Waals surface area contributed by atoms with E-state index in [0.717, 1.165) is 29.0 Å². The van der Waals surface area contributed by atoms with Crippen molar-refractivity contribution in [2.24, 2.45) is 5.92 Å². The van der Waals surface area contributed by atoms with Gasteiger partial charge >= 0.3 is 0 Å². The number of anilines is 1. The number of aromatic nitrogens is 2. The molecule has 3 heterocycles. The Morgan fingerprint density at radius 1 is 1.53 bits per heavy atom. The summed E-state index contributed by atoms with van der Waals surface area (Å²) in [6.07, 6.45) is 1.11. The summed E-state index contributed by atoms with van der Waals surface area (Å²) in [6.45, 7) is 4.02. The SMILES string of the molecule is CC1CCN(Cc2nc(N)c3ccsc3n2)C1CO. The Labute approximate surface area is 116 Å². The molecule has 1 saturated heterocycles. The molecule has 6 heteroatoms. The molecule has 3 N–H and O–H groups in total. The highest BCUT2D eigenvalue weighted by atomic mass is 32.1. The fraction of sp³-hybridized carbons (Fsp3) is 0.538. The Kier molecular flexibility index (Phi) is 3.38. The molecule has 2 unspecified atom stereocenters. The van der Waals surface area contributed by atoms with E-state index in [1.807, 2.05) is 11.4 Å². The molecule has 0 aliphatic carbocycles. The Morgan fingerprint density at radius 2 is 2.37 bits per heavy atom. The Hall–Kier alpha value is -1.24. The summed E-state index contributed by atoms with van der Waals surface area (Å²) in [5.74, 6) is 1.82. The fourth-order valence-corrected chi connectivity index (χ4v) is 3.55. The van der Waals surface area contributed by atoms with Gasteiger partial charge in [0.25, 0.3) is 0 Å². The first-order chi connectivity index (χ1) is 9.19. The molecule has 19 heavy (non-hydrogen) atoms. The number of rotatable bonds is 3. The Balaban J connectivity index is 1.85. The number of hydrogen-bond donors (Lipinski definition) is 2. The monoisotopic (exact) mass is 278 g/mol. The predicted octanol–water partition coefficient (Wildman–Crippen LogP) is 1.48. The van der Waals surface area contributed by atoms with Crippen LogP contribution in [0.2, 0.25) is 0 Å². The van der Waals surface area contributed by atoms with Crippen LogP contribution in [0, 0.1) is 5.92 Å². The van der Waals surface area contributed by atoms with Crippen LogP contribution in [0.15, 0.2) is 11.4 Å². The maximum Gasteiger partial charge on any atom is 0.146 e. The number of fused-ring (bicyclic) bond motifs is 1. The standard InChI is InChI=1S/C13H18N4OS/c1-8-2-4-17(10(8)7-18)6-11-15-12(14)9-3-5-19-13(9)16-11/h3,5,8,10,18H,2,4,6-7H2,1H3,(H2,14,15,16). The van der Waals surface area contributed by atoms with Gasteiger partial charge in [0, 0.05) is 6.04 Å². The number of nitrogens with zero attached hydrogens (tertiary/aromatic N) is 3. The van der Waals surface area contributed by atoms with E-state index in [0.29, 0.717) is 18.3 Å². The molecule has 1 fully saturated rings. The normalized spacial score (nSPS) is 24.3. The van der Waals surface area contributed by atoms with E-state index >= 15 is 0 Å². The number of likely N-dealkylation sites (tertiary alicyclic amines) is 1. The first-order valence-electron chi connectivity index (χ1n) is 6.53. The van der Waals surface area contributed by atoms with Crippen molar-refractivity contribution in [3.63, 3.8) is 0 Å². The molecule has 3 rings (SSSR count). The van der Waals surface area contributed by atoms with Gasteiger partial charge in [-0.15, -0.1) is 11.3 Å². The van der Waals surface area contributed by atoms with Crippen LogP contribution in [-0.2, 0) is 6.54 Å². The van der Waals surface area contributed by atoms with E-state index in [4.69, 9.17) is 5.73 Å². The summed E-state index contributed by atoms with van der Waals surface area (Å²) in [5, 5.41) is 12.4. The van der Waals surface area contributed by atoms with Crippen molar-refractivity contribution in [1.29, 1.82) is 0 Å². The van der Waals surface area contributed by atoms with Crippen LogP contribution in [0.25, 0.3) is 10.2 Å². The molecule has 5 nitrogen and oxygen atoms in total. The van der Waals surface area contributed by atoms with Gasteiger partial charge in [0.05, 0.1) is 18.5 Å². The molecular weight excluding hydrogens is 260 g/mol. The van der Waals surface area contributed by atoms with Crippen molar-refractivity contribution in [1.82, 2.24) is 14.9 Å². The number of aliphatic hydroxyl groups excluding tert-OH is 1. The van der Waals surface area contributed by atoms with Crippen molar-refractivity contribution in [2.75, 3.05) is 18.9 Å². The number of hydrogen-bond acceptors (Lipinski definition) is 6. The highest BCUT2D eigenvalue weighted by Crippen LogP contribution is 2.27. The van der Waals surface area contributed by atoms with Crippen molar-refractivity contribution >= 4 is 27.4 Å². The van der Waals surface area contributed by atoms with Crippen LogP contribution in [0.4, 0.5) is 5.82 Å². The molecule has 0 aromatic carbocycles. The van der Waals surface area contributed by atoms with E-state index in [9.17, 15) is 5.11 Å². The van der Waals surface area contributed by atoms with Crippen LogP contribution in [0.5, 0.6) is 0 Å². The third kappa shape index (κ3) is 2.31. The summed E-state index contributed by atoms with van der Waals surface area (Å²) in [6, 6.07) is 2.16. The lowest BCUT2D eigenvalue weighted by molar-refractivity contribution is 0.132. The zero-order valence-corrected chi connectivity index (χ0v) is 11.7. The molecule has 0 bridgehead atoms. The van der Waals surface area contributed by atoms with Crippen LogP contribution < -0.4 is 5.73 Å². The second-order valence-electron chi connectivity index (χ2n) is 5.15. The Bertz CT molecular complexity index is 585. The van der Waals surface area contributed by atoms with Crippen molar-refractivity contribution in [2.45, 2.75) is 25.9 Å². The predicted molar refractivity (Wildman–Crippen MR) is 76.9 cm³/mol. The highest BCUT2D eigenvalue weighted by molar-refractivity contribution is 7.16. The van der Waals surface area contributed by atoms with E-state index in [-0.39, 0.29) is 12.6 Å². The van der Waals surface area contributed by atoms with E-state index in [1.165, 1.54) is 0 Å². The molecule has 0 spiro atoms. The highest BCUT2D eigenvalue weighted by Gasteiger charge is 2.30. The molecule has 1 aliphatic heterocycles. The smallest absolute Gasteiger partial charge is 0.146 e. The van der Waals surface area contributed by atoms with Gasteiger partial charge in [-0.25, -0.2) is 9.97 Å². The molecule has 0 saturated carbocycles. The summed E-state index contributed by atoms with van der Waals surface area (Å²) in [5.41, 5.74) is 5.96. The van der Waals surface area contributed by atoms with Crippen molar-refractivity contribution in [3.05, 3.63) is 17.3 Å². The van der Waals surface area contributed by atoms with Gasteiger partial charge in [-0.2, -0.15) is 0 Å². The zero-order chi connectivity index (χ0) is 13.4. The number of nitrogens with two attached hydrogens (primary N) is 1. The summed E-state index contributed by atoms with van der Waals surface area (Å²) in [4.78, 5) is 12.1. The van der Waals surface area contributed by atoms with E-state index in [1.54, 1.807) is 11.3 Å². The molecule has 102 valence electrons. The molecule has 2 atom stereocenters. The lowest BCUT2D eigenvalue weighted by atomic mass is 10.0. The lowest BCUT2D eigenvalue weighted by Crippen LogP contribution is -2.35. The minimum Gasteiger partial charge on any atom is -0.395 e. The average Bonchev–Trinajstić information content (AvgIpc) is 2.97. The van der Waals surface area contributed by atoms with Gasteiger partial charge < -0.3 is 10.8 Å². The fourth-order valence-electron chi connectivity index (χ4n) is 2.76. The van der Waals surface area contributed by atoms with Gasteiger partial charge in [0.15, 0.2) is 0 Å². The Morgan fingerprint density at radius 3 is 3.16 bits per heavy atom. The molecule has 0 radical (unpaired) electrons. The molecule has 2 aromatic rings. The maximum absolute atomic E-state index is 9.47. The second-order valence-corrected chi connectivity index (χ2v) is 6.05. The van der Waals surface area contributed by atoms with Gasteiger partial charge in [-0.1, -0.05) is 6.92 Å². The molecular formula is C13H18N4OS. The summed E-state index contributed by atoms with van der Waals surface area (Å²) >= 11 is 1.58. The second kappa shape index (κ2) is 5.03. The molecule has 0 amide bonds. The minimum absolute atomic E-state index is 0.192. The van der Waals surface area contributed by atoms with E-state index in [2.05, 4.69) is 21.8 Å². The van der Waals surface area contributed by atoms with Gasteiger partial charge in [0.1, 0.15) is 16.5 Å². The first kappa shape index (κ1) is 12.8. The van der Waals surface area contributed by atoms with Crippen LogP contribution in [0.1, 0.15) is 19.2 Å². The number of thiophene rings is 1. The van der Waals surface area contributed by atoms with Crippen LogP contribution >= 0.6 is 11.3 Å². The van der Waals surface area contributed by atoms with Crippen LogP contribution in [-0.4, -0.2) is 39.2 Å². The first-order valence-corrected chi connectivity index (χ1v) is 7.41. The third-order valence-corrected chi connectivity index (χ3v) is 4.74. The molecule has 2 aromatic heterocycles. The van der Waals surface area contributed by atoms with Gasteiger partial charge in [-0.05, 0) is 30.3 Å². The summed E-state index contributed by atoms with van der Waals surface area (Å²) in [7, 11) is 0. The largest absolute Gasteiger partial charge is 0.395 e. The lowest BCUT2D eigenvalue weighted by Gasteiger charge is -2.24. The van der Waals surface area contributed by atoms with Gasteiger partial charge in [0.2, 0.25) is 0 Å². The van der Waals surface area contributed by atoms with Crippen LogP contribution in [0.3, 0.4) is 0 Å². The topological polar surface area (TPSA) is 75.3 Å². The van der Waals surface area contributed by atoms with Crippen molar-refractivity contribution in [3.8, 4) is 0 Å².